The highest BCUT2D eigenvalue weighted by Gasteiger charge is 2.45. The highest BCUT2D eigenvalue weighted by Crippen LogP contribution is 2.41. The second kappa shape index (κ2) is 8.75. The normalized spacial score (nSPS) is 37.4. The molecule has 0 aromatic rings. The second-order valence-corrected chi connectivity index (χ2v) is 10.2. The fourth-order valence-corrected chi connectivity index (χ4v) is 7.09. The number of hydrogen-bond acceptors (Lipinski definition) is 2. The van der Waals surface area contributed by atoms with E-state index in [1.54, 1.807) is 6.92 Å². The number of amides is 2. The van der Waals surface area contributed by atoms with Gasteiger partial charge in [-0.1, -0.05) is 44.9 Å². The monoisotopic (exact) mass is 388 g/mol. The van der Waals surface area contributed by atoms with E-state index in [2.05, 4.69) is 16.7 Å². The molecular formula is C24H40N2O2. The third-order valence-electron chi connectivity index (χ3n) is 8.47. The summed E-state index contributed by atoms with van der Waals surface area (Å²) in [6.45, 7) is 4.57. The molecule has 4 rings (SSSR count). The van der Waals surface area contributed by atoms with Crippen LogP contribution in [0.3, 0.4) is 0 Å². The molecule has 3 aliphatic carbocycles. The molecule has 0 aromatic heterocycles. The number of carbonyl (C=O) groups excluding carboxylic acids is 2. The van der Waals surface area contributed by atoms with Gasteiger partial charge in [0, 0.05) is 25.4 Å². The van der Waals surface area contributed by atoms with Crippen molar-refractivity contribution in [3.05, 3.63) is 0 Å². The van der Waals surface area contributed by atoms with Crippen LogP contribution in [-0.2, 0) is 9.59 Å². The number of hydrogen-bond donors (Lipinski definition) is 0. The van der Waals surface area contributed by atoms with E-state index in [1.807, 2.05) is 0 Å². The molecule has 1 heterocycles. The van der Waals surface area contributed by atoms with E-state index in [4.69, 9.17) is 0 Å². The largest absolute Gasteiger partial charge is 0.335 e. The van der Waals surface area contributed by atoms with E-state index in [9.17, 15) is 9.59 Å². The standard InChI is InChI=1S/C24H40N2O2/c1-17-16-25(22-10-6-7-11-23(22)26(17)18(2)27)24(28)21-14-12-20(13-15-21)19-8-4-3-5-9-19/h17,19-23H,3-16H2,1-2H3/t17-,20?,21?,22?,23?/m0/s1. The zero-order valence-corrected chi connectivity index (χ0v) is 18.1. The van der Waals surface area contributed by atoms with Gasteiger partial charge in [0.2, 0.25) is 11.8 Å². The van der Waals surface area contributed by atoms with Crippen molar-refractivity contribution in [2.45, 2.75) is 115 Å². The summed E-state index contributed by atoms with van der Waals surface area (Å²) in [5, 5.41) is 0. The molecule has 4 fully saturated rings. The van der Waals surface area contributed by atoms with Crippen LogP contribution in [0.5, 0.6) is 0 Å². The van der Waals surface area contributed by atoms with Crippen LogP contribution in [0.2, 0.25) is 0 Å². The number of carbonyl (C=O) groups is 2. The SMILES string of the molecule is CC(=O)N1C2CCCCC2N(C(=O)C2CCC(C3CCCCC3)CC2)C[C@@H]1C. The van der Waals surface area contributed by atoms with Crippen LogP contribution in [0, 0.1) is 17.8 Å². The first-order chi connectivity index (χ1) is 13.6. The van der Waals surface area contributed by atoms with E-state index < -0.39 is 0 Å². The van der Waals surface area contributed by atoms with Crippen LogP contribution in [0.15, 0.2) is 0 Å². The van der Waals surface area contributed by atoms with E-state index in [0.717, 1.165) is 44.1 Å². The lowest BCUT2D eigenvalue weighted by Gasteiger charge is -2.53. The summed E-state index contributed by atoms with van der Waals surface area (Å²) >= 11 is 0. The van der Waals surface area contributed by atoms with Crippen molar-refractivity contribution in [3.8, 4) is 0 Å². The summed E-state index contributed by atoms with van der Waals surface area (Å²) in [6, 6.07) is 0.661. The molecule has 0 radical (unpaired) electrons. The Kier molecular flexibility index (Phi) is 6.32. The molecule has 3 saturated carbocycles. The van der Waals surface area contributed by atoms with Crippen molar-refractivity contribution in [2.24, 2.45) is 17.8 Å². The Morgan fingerprint density at radius 2 is 1.29 bits per heavy atom. The van der Waals surface area contributed by atoms with Crippen molar-refractivity contribution in [1.82, 2.24) is 9.80 Å². The molecule has 0 bridgehead atoms. The Balaban J connectivity index is 1.39. The molecule has 2 amide bonds. The molecular weight excluding hydrogens is 348 g/mol. The zero-order chi connectivity index (χ0) is 19.7. The van der Waals surface area contributed by atoms with Gasteiger partial charge in [-0.3, -0.25) is 9.59 Å². The van der Waals surface area contributed by atoms with Crippen LogP contribution >= 0.6 is 0 Å². The molecule has 0 spiro atoms. The van der Waals surface area contributed by atoms with Gasteiger partial charge >= 0.3 is 0 Å². The van der Waals surface area contributed by atoms with Gasteiger partial charge in [0.1, 0.15) is 0 Å². The van der Waals surface area contributed by atoms with Crippen LogP contribution < -0.4 is 0 Å². The number of rotatable bonds is 2. The Hall–Kier alpha value is -1.06. The Bertz CT molecular complexity index is 563. The molecule has 0 aromatic carbocycles. The lowest BCUT2D eigenvalue weighted by atomic mass is 9.70. The van der Waals surface area contributed by atoms with Gasteiger partial charge in [-0.15, -0.1) is 0 Å². The van der Waals surface area contributed by atoms with Gasteiger partial charge in [0.25, 0.3) is 0 Å². The molecule has 2 unspecified atom stereocenters. The molecule has 4 nitrogen and oxygen atoms in total. The van der Waals surface area contributed by atoms with Crippen LogP contribution in [0.4, 0.5) is 0 Å². The first kappa shape index (κ1) is 20.2. The molecule has 4 heteroatoms. The fraction of sp³-hybridized carbons (Fsp3) is 0.917. The minimum atomic E-state index is 0.152. The van der Waals surface area contributed by atoms with Gasteiger partial charge in [-0.05, 0) is 57.3 Å². The summed E-state index contributed by atoms with van der Waals surface area (Å²) < 4.78 is 0. The molecule has 4 aliphatic rings. The smallest absolute Gasteiger partial charge is 0.226 e. The van der Waals surface area contributed by atoms with Gasteiger partial charge < -0.3 is 9.80 Å². The lowest BCUT2D eigenvalue weighted by molar-refractivity contribution is -0.156. The number of fused-ring (bicyclic) bond motifs is 1. The maximum Gasteiger partial charge on any atom is 0.226 e. The van der Waals surface area contributed by atoms with Crippen LogP contribution in [0.25, 0.3) is 0 Å². The fourth-order valence-electron chi connectivity index (χ4n) is 7.09. The number of piperazine rings is 1. The molecule has 0 N–H and O–H groups in total. The van der Waals surface area contributed by atoms with Gasteiger partial charge in [0.05, 0.1) is 12.1 Å². The van der Waals surface area contributed by atoms with E-state index in [-0.39, 0.29) is 30.0 Å². The van der Waals surface area contributed by atoms with Crippen LogP contribution in [0.1, 0.15) is 97.3 Å². The predicted molar refractivity (Wildman–Crippen MR) is 112 cm³/mol. The predicted octanol–water partition coefficient (Wildman–Crippen LogP) is 4.76. The summed E-state index contributed by atoms with van der Waals surface area (Å²) in [7, 11) is 0. The Morgan fingerprint density at radius 3 is 1.93 bits per heavy atom. The maximum atomic E-state index is 13.5. The molecule has 28 heavy (non-hydrogen) atoms. The topological polar surface area (TPSA) is 40.6 Å². The van der Waals surface area contributed by atoms with E-state index in [1.165, 1.54) is 57.8 Å². The Morgan fingerprint density at radius 1 is 0.714 bits per heavy atom. The summed E-state index contributed by atoms with van der Waals surface area (Å²) in [6.07, 6.45) is 16.4. The van der Waals surface area contributed by atoms with Crippen molar-refractivity contribution in [2.75, 3.05) is 6.54 Å². The van der Waals surface area contributed by atoms with Crippen molar-refractivity contribution in [1.29, 1.82) is 0 Å². The van der Waals surface area contributed by atoms with E-state index >= 15 is 0 Å². The Labute approximate surface area is 171 Å². The third-order valence-corrected chi connectivity index (χ3v) is 8.47. The minimum absolute atomic E-state index is 0.152. The van der Waals surface area contributed by atoms with Crippen molar-refractivity contribution < 1.29 is 9.59 Å². The summed E-state index contributed by atoms with van der Waals surface area (Å²) in [4.78, 5) is 30.1. The van der Waals surface area contributed by atoms with Gasteiger partial charge in [-0.2, -0.15) is 0 Å². The molecule has 3 atom stereocenters. The quantitative estimate of drug-likeness (QED) is 0.684. The molecule has 158 valence electrons. The third kappa shape index (κ3) is 3.98. The summed E-state index contributed by atoms with van der Waals surface area (Å²) in [5.74, 6) is 2.64. The number of nitrogens with zero attached hydrogens (tertiary/aromatic N) is 2. The van der Waals surface area contributed by atoms with Crippen LogP contribution in [-0.4, -0.2) is 46.3 Å². The first-order valence-electron chi connectivity index (χ1n) is 12.2. The molecule has 1 aliphatic heterocycles. The molecule has 1 saturated heterocycles. The lowest BCUT2D eigenvalue weighted by Crippen LogP contribution is -2.66. The minimum Gasteiger partial charge on any atom is -0.335 e. The van der Waals surface area contributed by atoms with Gasteiger partial charge in [-0.25, -0.2) is 0 Å². The zero-order valence-electron chi connectivity index (χ0n) is 18.1. The average Bonchev–Trinajstić information content (AvgIpc) is 2.73. The second-order valence-electron chi connectivity index (χ2n) is 10.2. The maximum absolute atomic E-state index is 13.5. The van der Waals surface area contributed by atoms with Crippen molar-refractivity contribution in [3.63, 3.8) is 0 Å². The highest BCUT2D eigenvalue weighted by molar-refractivity contribution is 5.80. The average molecular weight is 389 g/mol. The van der Waals surface area contributed by atoms with Crippen molar-refractivity contribution >= 4 is 11.8 Å². The van der Waals surface area contributed by atoms with Gasteiger partial charge in [0.15, 0.2) is 0 Å². The summed E-state index contributed by atoms with van der Waals surface area (Å²) in [5.41, 5.74) is 0. The van der Waals surface area contributed by atoms with E-state index in [0.29, 0.717) is 5.91 Å². The highest BCUT2D eigenvalue weighted by atomic mass is 16.2. The first-order valence-corrected chi connectivity index (χ1v) is 12.2.